The summed E-state index contributed by atoms with van der Waals surface area (Å²) in [6.07, 6.45) is -2.37. The summed E-state index contributed by atoms with van der Waals surface area (Å²) in [6.45, 7) is 2.18. The van der Waals surface area contributed by atoms with E-state index >= 15 is 0 Å². The van der Waals surface area contributed by atoms with Crippen molar-refractivity contribution in [3.8, 4) is 11.5 Å². The maximum Gasteiger partial charge on any atom is 0.460 e. The summed E-state index contributed by atoms with van der Waals surface area (Å²) in [5.41, 5.74) is 0. The molecule has 0 amide bonds. The molecule has 0 saturated heterocycles. The standard InChI is InChI=1S/C22H21F15O3/c1-2-3-4-5-6-7-12-39-13-8-10-14(11-9-13)40-15(38)16(23,24)17(25,26)18(27,28)19(29,30)20(31,32)21(33,34)22(35,36)37/h8-11H,2-7,12H2,1H3. The van der Waals surface area contributed by atoms with E-state index in [1.54, 1.807) is 0 Å². The number of carbonyl (C=O) groups is 1. The molecule has 0 spiro atoms. The highest BCUT2D eigenvalue weighted by molar-refractivity contribution is 5.81. The van der Waals surface area contributed by atoms with Crippen molar-refractivity contribution >= 4 is 5.97 Å². The molecule has 0 atom stereocenters. The van der Waals surface area contributed by atoms with Crippen molar-refractivity contribution in [3.05, 3.63) is 24.3 Å². The average Bonchev–Trinajstić information content (AvgIpc) is 2.83. The molecule has 40 heavy (non-hydrogen) atoms. The number of esters is 1. The highest BCUT2D eigenvalue weighted by Gasteiger charge is 2.94. The fraction of sp³-hybridized carbons (Fsp3) is 0.682. The summed E-state index contributed by atoms with van der Waals surface area (Å²) in [5.74, 6) is -53.3. The Hall–Kier alpha value is -2.56. The third kappa shape index (κ3) is 6.50. The van der Waals surface area contributed by atoms with Gasteiger partial charge >= 0.3 is 47.7 Å². The van der Waals surface area contributed by atoms with Gasteiger partial charge in [-0.05, 0) is 30.7 Å². The van der Waals surface area contributed by atoms with E-state index in [1.807, 2.05) is 6.92 Å². The van der Waals surface area contributed by atoms with Gasteiger partial charge in [0.05, 0.1) is 6.61 Å². The van der Waals surface area contributed by atoms with Gasteiger partial charge in [0.25, 0.3) is 0 Å². The fourth-order valence-corrected chi connectivity index (χ4v) is 2.94. The zero-order valence-corrected chi connectivity index (χ0v) is 20.2. The summed E-state index contributed by atoms with van der Waals surface area (Å²) in [6, 6.07) is 3.01. The molecular weight excluding hydrogens is 597 g/mol. The highest BCUT2D eigenvalue weighted by Crippen LogP contribution is 2.62. The third-order valence-electron chi connectivity index (χ3n) is 5.38. The molecule has 1 rings (SSSR count). The number of ether oxygens (including phenoxy) is 2. The predicted molar refractivity (Wildman–Crippen MR) is 107 cm³/mol. The van der Waals surface area contributed by atoms with Crippen molar-refractivity contribution in [2.75, 3.05) is 6.61 Å². The van der Waals surface area contributed by atoms with Gasteiger partial charge in [0.15, 0.2) is 0 Å². The number of hydrogen-bond donors (Lipinski definition) is 0. The second kappa shape index (κ2) is 12.1. The maximum atomic E-state index is 13.9. The van der Waals surface area contributed by atoms with Gasteiger partial charge in [-0.2, -0.15) is 65.9 Å². The van der Waals surface area contributed by atoms with Crippen molar-refractivity contribution in [1.29, 1.82) is 0 Å². The van der Waals surface area contributed by atoms with Crippen molar-refractivity contribution in [3.63, 3.8) is 0 Å². The third-order valence-corrected chi connectivity index (χ3v) is 5.38. The Kier molecular flexibility index (Phi) is 10.8. The van der Waals surface area contributed by atoms with Crippen molar-refractivity contribution in [2.45, 2.75) is 87.2 Å². The second-order valence-electron chi connectivity index (χ2n) is 8.42. The second-order valence-corrected chi connectivity index (χ2v) is 8.42. The zero-order chi connectivity index (χ0) is 31.4. The molecule has 232 valence electrons. The van der Waals surface area contributed by atoms with Crippen molar-refractivity contribution in [1.82, 2.24) is 0 Å². The molecule has 0 bridgehead atoms. The Balaban J connectivity index is 3.06. The topological polar surface area (TPSA) is 35.5 Å². The van der Waals surface area contributed by atoms with E-state index in [9.17, 15) is 70.7 Å². The molecule has 0 aliphatic rings. The molecule has 1 aromatic carbocycles. The molecular formula is C22H21F15O3. The van der Waals surface area contributed by atoms with Crippen LogP contribution in [0.2, 0.25) is 0 Å². The highest BCUT2D eigenvalue weighted by atomic mass is 19.4. The van der Waals surface area contributed by atoms with Crippen molar-refractivity contribution in [2.24, 2.45) is 0 Å². The zero-order valence-electron chi connectivity index (χ0n) is 20.2. The van der Waals surface area contributed by atoms with Gasteiger partial charge in [-0.15, -0.1) is 0 Å². The summed E-state index contributed by atoms with van der Waals surface area (Å²) < 4.78 is 207. The van der Waals surface area contributed by atoms with E-state index < -0.39 is 53.4 Å². The van der Waals surface area contributed by atoms with Gasteiger partial charge in [-0.3, -0.25) is 0 Å². The van der Waals surface area contributed by atoms with E-state index in [0.717, 1.165) is 44.2 Å². The lowest BCUT2D eigenvalue weighted by atomic mass is 9.91. The van der Waals surface area contributed by atoms with Crippen LogP contribution in [0.1, 0.15) is 45.4 Å². The van der Waals surface area contributed by atoms with E-state index in [2.05, 4.69) is 4.74 Å². The van der Waals surface area contributed by atoms with Crippen LogP contribution in [-0.2, 0) is 4.79 Å². The molecule has 0 saturated carbocycles. The minimum absolute atomic E-state index is 0.0180. The fourth-order valence-electron chi connectivity index (χ4n) is 2.94. The van der Waals surface area contributed by atoms with Gasteiger partial charge in [-0.1, -0.05) is 39.0 Å². The Bertz CT molecular complexity index is 973. The Morgan fingerprint density at radius 3 is 1.45 bits per heavy atom. The maximum absolute atomic E-state index is 13.9. The summed E-state index contributed by atoms with van der Waals surface area (Å²) >= 11 is 0. The minimum Gasteiger partial charge on any atom is -0.494 e. The molecule has 0 aliphatic heterocycles. The van der Waals surface area contributed by atoms with E-state index in [-0.39, 0.29) is 12.4 Å². The number of hydrogen-bond acceptors (Lipinski definition) is 3. The summed E-state index contributed by atoms with van der Waals surface area (Å²) in [7, 11) is 0. The quantitative estimate of drug-likeness (QED) is 0.0854. The Morgan fingerprint density at radius 1 is 0.575 bits per heavy atom. The molecule has 0 fully saturated rings. The van der Waals surface area contributed by atoms with Gasteiger partial charge in [0.1, 0.15) is 11.5 Å². The molecule has 0 heterocycles. The molecule has 0 aliphatic carbocycles. The van der Waals surface area contributed by atoms with E-state index in [4.69, 9.17) is 4.74 Å². The lowest BCUT2D eigenvalue weighted by Crippen LogP contribution is -2.73. The monoisotopic (exact) mass is 618 g/mol. The van der Waals surface area contributed by atoms with Gasteiger partial charge in [0, 0.05) is 0 Å². The number of halogens is 15. The average molecular weight is 618 g/mol. The SMILES string of the molecule is CCCCCCCCOc1ccc(OC(=O)C(F)(F)C(F)(F)C(F)(F)C(F)(F)C(F)(F)C(F)(F)C(F)(F)F)cc1. The molecule has 0 aromatic heterocycles. The van der Waals surface area contributed by atoms with Crippen LogP contribution < -0.4 is 9.47 Å². The van der Waals surface area contributed by atoms with Gasteiger partial charge in [0.2, 0.25) is 0 Å². The molecule has 18 heteroatoms. The van der Waals surface area contributed by atoms with Crippen molar-refractivity contribution < 1.29 is 80.1 Å². The van der Waals surface area contributed by atoms with Gasteiger partial charge in [-0.25, -0.2) is 4.79 Å². The summed E-state index contributed by atoms with van der Waals surface area (Å²) in [4.78, 5) is 11.5. The smallest absolute Gasteiger partial charge is 0.460 e. The van der Waals surface area contributed by atoms with E-state index in [1.165, 1.54) is 0 Å². The predicted octanol–water partition coefficient (Wildman–Crippen LogP) is 8.71. The molecule has 0 unspecified atom stereocenters. The van der Waals surface area contributed by atoms with E-state index in [0.29, 0.717) is 18.6 Å². The van der Waals surface area contributed by atoms with Crippen LogP contribution in [0.3, 0.4) is 0 Å². The van der Waals surface area contributed by atoms with Crippen LogP contribution in [-0.4, -0.2) is 54.3 Å². The number of rotatable bonds is 15. The first kappa shape index (κ1) is 35.5. The van der Waals surface area contributed by atoms with Crippen LogP contribution in [0.25, 0.3) is 0 Å². The van der Waals surface area contributed by atoms with Crippen LogP contribution in [0.5, 0.6) is 11.5 Å². The molecule has 0 radical (unpaired) electrons. The first-order chi connectivity index (χ1) is 17.9. The largest absolute Gasteiger partial charge is 0.494 e. The molecule has 1 aromatic rings. The van der Waals surface area contributed by atoms with Crippen LogP contribution in [0, 0.1) is 0 Å². The Labute approximate surface area is 216 Å². The Morgan fingerprint density at radius 2 is 0.975 bits per heavy atom. The van der Waals surface area contributed by atoms with Crippen LogP contribution in [0.4, 0.5) is 65.9 Å². The minimum atomic E-state index is -8.48. The number of carbonyl (C=O) groups excluding carboxylic acids is 1. The lowest BCUT2D eigenvalue weighted by molar-refractivity contribution is -0.450. The number of benzene rings is 1. The molecule has 0 N–H and O–H groups in total. The number of unbranched alkanes of at least 4 members (excludes halogenated alkanes) is 5. The first-order valence-corrected chi connectivity index (χ1v) is 11.2. The number of alkyl halides is 15. The lowest BCUT2D eigenvalue weighted by Gasteiger charge is -2.40. The summed E-state index contributed by atoms with van der Waals surface area (Å²) in [5, 5.41) is 0. The normalized spacial score (nSPS) is 14.3. The van der Waals surface area contributed by atoms with Gasteiger partial charge < -0.3 is 9.47 Å². The van der Waals surface area contributed by atoms with Crippen LogP contribution >= 0.6 is 0 Å². The van der Waals surface area contributed by atoms with Crippen LogP contribution in [0.15, 0.2) is 24.3 Å². The molecule has 3 nitrogen and oxygen atoms in total. The first-order valence-electron chi connectivity index (χ1n) is 11.2.